The Morgan fingerprint density at radius 1 is 1.29 bits per heavy atom. The third-order valence-corrected chi connectivity index (χ3v) is 4.23. The Bertz CT molecular complexity index is 679. The molecule has 1 amide bonds. The summed E-state index contributed by atoms with van der Waals surface area (Å²) < 4.78 is 5.04. The van der Waals surface area contributed by atoms with Crippen molar-refractivity contribution >= 4 is 23.2 Å². The van der Waals surface area contributed by atoms with E-state index >= 15 is 0 Å². The number of hydrogen-bond donors (Lipinski definition) is 3. The number of thiazole rings is 1. The van der Waals surface area contributed by atoms with Gasteiger partial charge in [-0.2, -0.15) is 0 Å². The first-order valence-electron chi connectivity index (χ1n) is 7.87. The van der Waals surface area contributed by atoms with Gasteiger partial charge in [0, 0.05) is 24.5 Å². The van der Waals surface area contributed by atoms with Gasteiger partial charge in [-0.15, -0.1) is 11.3 Å². The summed E-state index contributed by atoms with van der Waals surface area (Å²) in [5.41, 5.74) is 1.03. The maximum atomic E-state index is 11.7. The van der Waals surface area contributed by atoms with Crippen LogP contribution in [-0.2, 0) is 6.54 Å². The van der Waals surface area contributed by atoms with Crippen LogP contribution in [0.4, 0.5) is 0 Å². The van der Waals surface area contributed by atoms with Crippen LogP contribution in [0.1, 0.15) is 33.1 Å². The second-order valence-electron chi connectivity index (χ2n) is 5.10. The van der Waals surface area contributed by atoms with Crippen LogP contribution < -0.4 is 16.0 Å². The van der Waals surface area contributed by atoms with E-state index in [9.17, 15) is 4.79 Å². The van der Waals surface area contributed by atoms with Crippen LogP contribution in [0, 0.1) is 13.8 Å². The molecule has 24 heavy (non-hydrogen) atoms. The number of aliphatic imine (C=N–C) groups is 1. The van der Waals surface area contributed by atoms with E-state index in [-0.39, 0.29) is 5.91 Å². The van der Waals surface area contributed by atoms with E-state index in [1.807, 2.05) is 20.8 Å². The fourth-order valence-electron chi connectivity index (χ4n) is 2.06. The van der Waals surface area contributed by atoms with E-state index in [0.717, 1.165) is 28.1 Å². The Hall–Kier alpha value is -2.35. The molecular formula is C16H23N5O2S. The highest BCUT2D eigenvalue weighted by Crippen LogP contribution is 2.17. The van der Waals surface area contributed by atoms with E-state index in [4.69, 9.17) is 4.42 Å². The van der Waals surface area contributed by atoms with Crippen LogP contribution in [0.3, 0.4) is 0 Å². The zero-order valence-corrected chi connectivity index (χ0v) is 15.0. The van der Waals surface area contributed by atoms with Crippen molar-refractivity contribution in [2.75, 3.05) is 19.6 Å². The quantitative estimate of drug-likeness (QED) is 0.403. The van der Waals surface area contributed by atoms with Gasteiger partial charge in [0.1, 0.15) is 0 Å². The van der Waals surface area contributed by atoms with Gasteiger partial charge in [-0.3, -0.25) is 4.79 Å². The summed E-state index contributed by atoms with van der Waals surface area (Å²) in [4.78, 5) is 21.9. The first kappa shape index (κ1) is 18.0. The van der Waals surface area contributed by atoms with Crippen molar-refractivity contribution < 1.29 is 9.21 Å². The number of nitrogens with zero attached hydrogens (tertiary/aromatic N) is 2. The van der Waals surface area contributed by atoms with E-state index in [1.54, 1.807) is 23.5 Å². The molecule has 0 aliphatic rings. The highest BCUT2D eigenvalue weighted by molar-refractivity contribution is 7.11. The zero-order chi connectivity index (χ0) is 17.4. The Balaban J connectivity index is 1.79. The van der Waals surface area contributed by atoms with Crippen molar-refractivity contribution in [3.8, 4) is 0 Å². The molecular weight excluding hydrogens is 326 g/mol. The fraction of sp³-hybridized carbons (Fsp3) is 0.438. The maximum Gasteiger partial charge on any atom is 0.287 e. The van der Waals surface area contributed by atoms with Gasteiger partial charge in [0.25, 0.3) is 5.91 Å². The molecule has 0 aliphatic carbocycles. The Labute approximate surface area is 145 Å². The highest BCUT2D eigenvalue weighted by atomic mass is 32.1. The lowest BCUT2D eigenvalue weighted by atomic mass is 10.4. The minimum absolute atomic E-state index is 0.223. The molecule has 7 nitrogen and oxygen atoms in total. The van der Waals surface area contributed by atoms with Crippen LogP contribution in [0.25, 0.3) is 0 Å². The first-order chi connectivity index (χ1) is 11.6. The smallest absolute Gasteiger partial charge is 0.287 e. The highest BCUT2D eigenvalue weighted by Gasteiger charge is 2.07. The van der Waals surface area contributed by atoms with Gasteiger partial charge in [0.15, 0.2) is 11.7 Å². The molecule has 0 radical (unpaired) electrons. The molecule has 0 unspecified atom stereocenters. The first-order valence-corrected chi connectivity index (χ1v) is 8.68. The molecule has 0 bridgehead atoms. The number of amides is 1. The van der Waals surface area contributed by atoms with Gasteiger partial charge < -0.3 is 20.4 Å². The Morgan fingerprint density at radius 2 is 2.08 bits per heavy atom. The molecule has 130 valence electrons. The summed E-state index contributed by atoms with van der Waals surface area (Å²) in [5, 5.41) is 10.2. The number of aryl methyl sites for hydroxylation is 2. The molecule has 3 N–H and O–H groups in total. The van der Waals surface area contributed by atoms with Gasteiger partial charge >= 0.3 is 0 Å². The molecule has 2 aromatic heterocycles. The van der Waals surface area contributed by atoms with Crippen molar-refractivity contribution in [2.24, 2.45) is 4.99 Å². The van der Waals surface area contributed by atoms with E-state index in [0.29, 0.717) is 25.4 Å². The van der Waals surface area contributed by atoms with Gasteiger partial charge in [0.05, 0.1) is 23.5 Å². The molecule has 0 aromatic carbocycles. The van der Waals surface area contributed by atoms with Gasteiger partial charge in [-0.05, 0) is 32.9 Å². The standard InChI is InChI=1S/C16H23N5O2S/c1-4-17-16(20-10-14-11(2)21-12(3)24-14)19-8-7-18-15(22)13-6-5-9-23-13/h5-6,9H,4,7-8,10H2,1-3H3,(H,18,22)(H2,17,19,20). The molecule has 2 aromatic rings. The van der Waals surface area contributed by atoms with Crippen LogP contribution in [-0.4, -0.2) is 36.5 Å². The Kier molecular flexibility index (Phi) is 6.80. The third-order valence-electron chi connectivity index (χ3n) is 3.17. The second kappa shape index (κ2) is 9.07. The number of aromatic nitrogens is 1. The Morgan fingerprint density at radius 3 is 2.71 bits per heavy atom. The van der Waals surface area contributed by atoms with Crippen molar-refractivity contribution in [1.82, 2.24) is 20.9 Å². The molecule has 0 saturated heterocycles. The molecule has 2 rings (SSSR count). The number of guanidine groups is 1. The molecule has 0 aliphatic heterocycles. The monoisotopic (exact) mass is 349 g/mol. The van der Waals surface area contributed by atoms with Crippen molar-refractivity contribution in [3.05, 3.63) is 39.7 Å². The maximum absolute atomic E-state index is 11.7. The van der Waals surface area contributed by atoms with Gasteiger partial charge in [-0.25, -0.2) is 9.98 Å². The predicted octanol–water partition coefficient (Wildman–Crippen LogP) is 1.84. The van der Waals surface area contributed by atoms with E-state index in [2.05, 4.69) is 25.9 Å². The van der Waals surface area contributed by atoms with Crippen LogP contribution in [0.5, 0.6) is 0 Å². The van der Waals surface area contributed by atoms with E-state index < -0.39 is 0 Å². The number of furan rings is 1. The fourth-order valence-corrected chi connectivity index (χ4v) is 2.93. The SMILES string of the molecule is CCNC(=NCc1sc(C)nc1C)NCCNC(=O)c1ccco1. The summed E-state index contributed by atoms with van der Waals surface area (Å²) in [6.45, 7) is 8.41. The molecule has 8 heteroatoms. The van der Waals surface area contributed by atoms with E-state index in [1.165, 1.54) is 6.26 Å². The molecule has 0 fully saturated rings. The zero-order valence-electron chi connectivity index (χ0n) is 14.2. The topological polar surface area (TPSA) is 91.5 Å². The van der Waals surface area contributed by atoms with Crippen molar-refractivity contribution in [1.29, 1.82) is 0 Å². The van der Waals surface area contributed by atoms with Crippen LogP contribution >= 0.6 is 11.3 Å². The summed E-state index contributed by atoms with van der Waals surface area (Å²) in [6, 6.07) is 3.32. The minimum atomic E-state index is -0.223. The minimum Gasteiger partial charge on any atom is -0.459 e. The largest absolute Gasteiger partial charge is 0.459 e. The van der Waals surface area contributed by atoms with Crippen LogP contribution in [0.15, 0.2) is 27.8 Å². The number of carbonyl (C=O) groups is 1. The van der Waals surface area contributed by atoms with Gasteiger partial charge in [-0.1, -0.05) is 0 Å². The summed E-state index contributed by atoms with van der Waals surface area (Å²) in [6.07, 6.45) is 1.48. The lowest BCUT2D eigenvalue weighted by molar-refractivity contribution is 0.0926. The lowest BCUT2D eigenvalue weighted by Crippen LogP contribution is -2.41. The summed E-state index contributed by atoms with van der Waals surface area (Å²) in [5.74, 6) is 0.807. The number of rotatable bonds is 7. The average molecular weight is 349 g/mol. The predicted molar refractivity (Wildman–Crippen MR) is 95.4 cm³/mol. The normalized spacial score (nSPS) is 11.4. The van der Waals surface area contributed by atoms with Gasteiger partial charge in [0.2, 0.25) is 0 Å². The summed E-state index contributed by atoms with van der Waals surface area (Å²) in [7, 11) is 0. The summed E-state index contributed by atoms with van der Waals surface area (Å²) >= 11 is 1.66. The third kappa shape index (κ3) is 5.38. The second-order valence-corrected chi connectivity index (χ2v) is 6.38. The number of nitrogens with one attached hydrogen (secondary N) is 3. The average Bonchev–Trinajstić information content (AvgIpc) is 3.18. The molecule has 0 saturated carbocycles. The molecule has 0 spiro atoms. The number of hydrogen-bond acceptors (Lipinski definition) is 5. The van der Waals surface area contributed by atoms with Crippen LogP contribution in [0.2, 0.25) is 0 Å². The molecule has 0 atom stereocenters. The molecule has 2 heterocycles. The van der Waals surface area contributed by atoms with Crippen molar-refractivity contribution in [3.63, 3.8) is 0 Å². The lowest BCUT2D eigenvalue weighted by Gasteiger charge is -2.11. The number of carbonyl (C=O) groups excluding carboxylic acids is 1. The van der Waals surface area contributed by atoms with Crippen molar-refractivity contribution in [2.45, 2.75) is 27.3 Å².